The topological polar surface area (TPSA) is 70.5 Å². The van der Waals surface area contributed by atoms with E-state index in [0.717, 1.165) is 5.39 Å². The third kappa shape index (κ3) is 2.43. The number of carbonyl (C=O) groups is 2. The minimum absolute atomic E-state index is 0.136. The van der Waals surface area contributed by atoms with Crippen molar-refractivity contribution in [1.29, 1.82) is 0 Å². The number of amides is 1. The number of likely N-dealkylation sites (tertiary alicyclic amines) is 1. The molecular weight excluding hydrogens is 280 g/mol. The monoisotopic (exact) mass is 298 g/mol. The Hall–Kier alpha value is -2.43. The Bertz CT molecular complexity index is 723. The van der Waals surface area contributed by atoms with Crippen LogP contribution in [0.25, 0.3) is 10.9 Å². The van der Waals surface area contributed by atoms with E-state index in [1.54, 1.807) is 17.2 Å². The molecule has 1 aromatic carbocycles. The van der Waals surface area contributed by atoms with Crippen molar-refractivity contribution in [3.05, 3.63) is 42.1 Å². The number of hydrogen-bond acceptors (Lipinski definition) is 3. The molecule has 0 spiro atoms. The smallest absolute Gasteiger partial charge is 0.308 e. The van der Waals surface area contributed by atoms with Gasteiger partial charge in [-0.05, 0) is 31.9 Å². The predicted molar refractivity (Wildman–Crippen MR) is 82.6 cm³/mol. The highest BCUT2D eigenvalue weighted by molar-refractivity contribution is 6.05. The molecule has 1 fully saturated rings. The summed E-state index contributed by atoms with van der Waals surface area (Å²) in [5, 5.41) is 10.2. The first-order valence-electron chi connectivity index (χ1n) is 7.47. The van der Waals surface area contributed by atoms with Gasteiger partial charge < -0.3 is 10.0 Å². The lowest BCUT2D eigenvalue weighted by Crippen LogP contribution is -2.49. The fraction of sp³-hybridized carbons (Fsp3) is 0.353. The molecule has 0 aliphatic carbocycles. The number of pyridine rings is 1. The lowest BCUT2D eigenvalue weighted by molar-refractivity contribution is -0.144. The number of para-hydroxylation sites is 1. The molecule has 1 N–H and O–H groups in total. The predicted octanol–water partition coefficient (Wildman–Crippen LogP) is 2.56. The number of carbonyl (C=O) groups excluding carboxylic acids is 1. The van der Waals surface area contributed by atoms with Gasteiger partial charge in [-0.1, -0.05) is 18.2 Å². The van der Waals surface area contributed by atoms with Crippen molar-refractivity contribution in [1.82, 2.24) is 9.88 Å². The maximum absolute atomic E-state index is 12.9. The quantitative estimate of drug-likeness (QED) is 0.925. The van der Waals surface area contributed by atoms with Gasteiger partial charge in [-0.25, -0.2) is 0 Å². The molecule has 3 rings (SSSR count). The Labute approximate surface area is 128 Å². The van der Waals surface area contributed by atoms with Gasteiger partial charge in [-0.15, -0.1) is 0 Å². The third-order valence-electron chi connectivity index (χ3n) is 4.43. The van der Waals surface area contributed by atoms with Crippen molar-refractivity contribution in [2.24, 2.45) is 5.92 Å². The van der Waals surface area contributed by atoms with Gasteiger partial charge in [0, 0.05) is 24.2 Å². The number of carboxylic acid groups (broad SMARTS) is 1. The summed E-state index contributed by atoms with van der Waals surface area (Å²) < 4.78 is 0. The van der Waals surface area contributed by atoms with Crippen LogP contribution >= 0.6 is 0 Å². The Balaban J connectivity index is 1.97. The fourth-order valence-corrected chi connectivity index (χ4v) is 3.19. The van der Waals surface area contributed by atoms with Crippen LogP contribution in [0, 0.1) is 5.92 Å². The second-order valence-corrected chi connectivity index (χ2v) is 5.71. The summed E-state index contributed by atoms with van der Waals surface area (Å²) in [5.41, 5.74) is 1.20. The Morgan fingerprint density at radius 2 is 2.05 bits per heavy atom. The lowest BCUT2D eigenvalue weighted by atomic mass is 9.89. The van der Waals surface area contributed by atoms with Gasteiger partial charge in [0.15, 0.2) is 0 Å². The molecule has 1 aliphatic rings. The molecule has 1 aliphatic heterocycles. The van der Waals surface area contributed by atoms with Crippen molar-refractivity contribution in [2.75, 3.05) is 6.54 Å². The van der Waals surface area contributed by atoms with Crippen LogP contribution in [0.3, 0.4) is 0 Å². The molecule has 22 heavy (non-hydrogen) atoms. The van der Waals surface area contributed by atoms with Crippen LogP contribution in [0.2, 0.25) is 0 Å². The summed E-state index contributed by atoms with van der Waals surface area (Å²) in [7, 11) is 0. The van der Waals surface area contributed by atoms with E-state index < -0.39 is 11.9 Å². The maximum atomic E-state index is 12.9. The third-order valence-corrected chi connectivity index (χ3v) is 4.43. The van der Waals surface area contributed by atoms with Crippen LogP contribution in [0.5, 0.6) is 0 Å². The zero-order valence-corrected chi connectivity index (χ0v) is 12.4. The number of piperidine rings is 1. The molecule has 1 amide bonds. The maximum Gasteiger partial charge on any atom is 0.308 e. The first-order valence-corrected chi connectivity index (χ1v) is 7.47. The van der Waals surface area contributed by atoms with Gasteiger partial charge in [0.1, 0.15) is 0 Å². The normalized spacial score (nSPS) is 21.8. The molecule has 0 saturated carbocycles. The molecule has 2 aromatic rings. The van der Waals surface area contributed by atoms with Gasteiger partial charge in [-0.3, -0.25) is 14.6 Å². The van der Waals surface area contributed by atoms with Gasteiger partial charge in [0.25, 0.3) is 5.91 Å². The highest BCUT2D eigenvalue weighted by atomic mass is 16.4. The van der Waals surface area contributed by atoms with Gasteiger partial charge in [-0.2, -0.15) is 0 Å². The zero-order valence-electron chi connectivity index (χ0n) is 12.4. The van der Waals surface area contributed by atoms with Crippen molar-refractivity contribution in [3.63, 3.8) is 0 Å². The van der Waals surface area contributed by atoms with Crippen molar-refractivity contribution >= 4 is 22.8 Å². The number of rotatable bonds is 2. The Morgan fingerprint density at radius 3 is 2.82 bits per heavy atom. The van der Waals surface area contributed by atoms with Crippen molar-refractivity contribution in [2.45, 2.75) is 25.8 Å². The SMILES string of the molecule is C[C@@H]1[C@H](C(=O)O)CCCN1C(=O)c1cccc2cccnc12. The van der Waals surface area contributed by atoms with Crippen LogP contribution in [0.1, 0.15) is 30.1 Å². The second-order valence-electron chi connectivity index (χ2n) is 5.71. The number of hydrogen-bond donors (Lipinski definition) is 1. The summed E-state index contributed by atoms with van der Waals surface area (Å²) in [6.45, 7) is 2.40. The summed E-state index contributed by atoms with van der Waals surface area (Å²) in [6.07, 6.45) is 3.00. The standard InChI is InChI=1S/C17H18N2O3/c1-11-13(17(21)22)8-4-10-19(11)16(20)14-7-2-5-12-6-3-9-18-15(12)14/h2-3,5-7,9,11,13H,4,8,10H2,1H3,(H,21,22)/t11-,13-/m1/s1. The Kier molecular flexibility index (Phi) is 3.79. The molecule has 0 bridgehead atoms. The van der Waals surface area contributed by atoms with Gasteiger partial charge in [0.05, 0.1) is 17.0 Å². The van der Waals surface area contributed by atoms with E-state index in [4.69, 9.17) is 0 Å². The van der Waals surface area contributed by atoms with Crippen LogP contribution in [0.4, 0.5) is 0 Å². The number of carboxylic acids is 1. The first kappa shape index (κ1) is 14.5. The summed E-state index contributed by atoms with van der Waals surface area (Å²) in [4.78, 5) is 30.2. The van der Waals surface area contributed by atoms with E-state index in [2.05, 4.69) is 4.98 Å². The van der Waals surface area contributed by atoms with E-state index >= 15 is 0 Å². The largest absolute Gasteiger partial charge is 0.481 e. The van der Waals surface area contributed by atoms with Crippen LogP contribution in [0.15, 0.2) is 36.5 Å². The molecule has 5 nitrogen and oxygen atoms in total. The second kappa shape index (κ2) is 5.75. The van der Waals surface area contributed by atoms with E-state index in [1.807, 2.05) is 31.2 Å². The highest BCUT2D eigenvalue weighted by Gasteiger charge is 2.36. The van der Waals surface area contributed by atoms with E-state index in [0.29, 0.717) is 30.5 Å². The van der Waals surface area contributed by atoms with Crippen molar-refractivity contribution in [3.8, 4) is 0 Å². The van der Waals surface area contributed by atoms with Crippen LogP contribution in [-0.4, -0.2) is 39.5 Å². The average Bonchev–Trinajstić information content (AvgIpc) is 2.53. The Morgan fingerprint density at radius 1 is 1.27 bits per heavy atom. The van der Waals surface area contributed by atoms with Crippen molar-refractivity contribution < 1.29 is 14.7 Å². The molecule has 2 atom stereocenters. The van der Waals surface area contributed by atoms with E-state index in [9.17, 15) is 14.7 Å². The lowest BCUT2D eigenvalue weighted by Gasteiger charge is -2.37. The number of fused-ring (bicyclic) bond motifs is 1. The minimum atomic E-state index is -0.832. The number of benzene rings is 1. The summed E-state index contributed by atoms with van der Waals surface area (Å²) in [6, 6.07) is 8.95. The summed E-state index contributed by atoms with van der Waals surface area (Å²) in [5.74, 6) is -1.47. The molecule has 1 saturated heterocycles. The molecule has 0 unspecified atom stereocenters. The average molecular weight is 298 g/mol. The fourth-order valence-electron chi connectivity index (χ4n) is 3.19. The molecule has 0 radical (unpaired) electrons. The van der Waals surface area contributed by atoms with E-state index in [1.165, 1.54) is 0 Å². The van der Waals surface area contributed by atoms with E-state index in [-0.39, 0.29) is 11.9 Å². The zero-order chi connectivity index (χ0) is 15.7. The number of aromatic nitrogens is 1. The van der Waals surface area contributed by atoms with Crippen LogP contribution < -0.4 is 0 Å². The molecular formula is C17H18N2O3. The number of aliphatic carboxylic acids is 1. The summed E-state index contributed by atoms with van der Waals surface area (Å²) >= 11 is 0. The molecule has 2 heterocycles. The minimum Gasteiger partial charge on any atom is -0.481 e. The molecule has 114 valence electrons. The highest BCUT2D eigenvalue weighted by Crippen LogP contribution is 2.27. The molecule has 5 heteroatoms. The first-order chi connectivity index (χ1) is 10.6. The number of nitrogens with zero attached hydrogens (tertiary/aromatic N) is 2. The van der Waals surface area contributed by atoms with Gasteiger partial charge >= 0.3 is 5.97 Å². The molecule has 1 aromatic heterocycles. The van der Waals surface area contributed by atoms with Gasteiger partial charge in [0.2, 0.25) is 0 Å². The van der Waals surface area contributed by atoms with Crippen LogP contribution in [-0.2, 0) is 4.79 Å².